The highest BCUT2D eigenvalue weighted by atomic mass is 16.5. The Kier molecular flexibility index (Phi) is 4.97. The van der Waals surface area contributed by atoms with Crippen LogP contribution in [-0.4, -0.2) is 18.6 Å². The van der Waals surface area contributed by atoms with Crippen LogP contribution in [-0.2, 0) is 9.53 Å². The lowest BCUT2D eigenvalue weighted by molar-refractivity contribution is -0.146. The molecule has 0 amide bonds. The van der Waals surface area contributed by atoms with E-state index in [0.717, 1.165) is 5.56 Å². The SMILES string of the molecule is CCOC(=O)C(NC(C)C1CCC1)c1ccccc1. The van der Waals surface area contributed by atoms with Gasteiger partial charge in [-0.25, -0.2) is 4.79 Å². The fourth-order valence-electron chi connectivity index (χ4n) is 2.51. The topological polar surface area (TPSA) is 38.3 Å². The molecule has 1 aromatic rings. The van der Waals surface area contributed by atoms with Gasteiger partial charge in [-0.05, 0) is 38.2 Å². The van der Waals surface area contributed by atoms with E-state index in [9.17, 15) is 4.79 Å². The maximum atomic E-state index is 12.1. The van der Waals surface area contributed by atoms with Crippen LogP contribution in [0.5, 0.6) is 0 Å². The third-order valence-electron chi connectivity index (χ3n) is 3.94. The molecule has 3 nitrogen and oxygen atoms in total. The van der Waals surface area contributed by atoms with Crippen LogP contribution >= 0.6 is 0 Å². The van der Waals surface area contributed by atoms with Crippen molar-refractivity contribution in [2.45, 2.75) is 45.2 Å². The van der Waals surface area contributed by atoms with Crippen molar-refractivity contribution in [2.24, 2.45) is 5.92 Å². The Bertz CT molecular complexity index is 400. The van der Waals surface area contributed by atoms with Crippen molar-refractivity contribution in [3.05, 3.63) is 35.9 Å². The first-order valence-electron chi connectivity index (χ1n) is 7.20. The summed E-state index contributed by atoms with van der Waals surface area (Å²) in [6, 6.07) is 9.82. The summed E-state index contributed by atoms with van der Waals surface area (Å²) in [7, 11) is 0. The predicted octanol–water partition coefficient (Wildman–Crippen LogP) is 3.07. The molecule has 1 N–H and O–H groups in total. The molecule has 0 heterocycles. The molecular weight excluding hydrogens is 238 g/mol. The van der Waals surface area contributed by atoms with Gasteiger partial charge in [0.05, 0.1) is 6.61 Å². The number of esters is 1. The fourth-order valence-corrected chi connectivity index (χ4v) is 2.51. The van der Waals surface area contributed by atoms with Gasteiger partial charge in [0.1, 0.15) is 6.04 Å². The molecule has 1 aromatic carbocycles. The van der Waals surface area contributed by atoms with Crippen LogP contribution in [0.25, 0.3) is 0 Å². The first kappa shape index (κ1) is 14.1. The lowest BCUT2D eigenvalue weighted by atomic mass is 9.80. The van der Waals surface area contributed by atoms with Crippen LogP contribution in [0.4, 0.5) is 0 Å². The third kappa shape index (κ3) is 3.57. The Labute approximate surface area is 115 Å². The van der Waals surface area contributed by atoms with Crippen LogP contribution in [0.15, 0.2) is 30.3 Å². The summed E-state index contributed by atoms with van der Waals surface area (Å²) in [5.41, 5.74) is 0.979. The van der Waals surface area contributed by atoms with E-state index in [1.165, 1.54) is 19.3 Å². The molecule has 2 atom stereocenters. The molecule has 0 radical (unpaired) electrons. The van der Waals surface area contributed by atoms with E-state index in [4.69, 9.17) is 4.74 Å². The third-order valence-corrected chi connectivity index (χ3v) is 3.94. The van der Waals surface area contributed by atoms with Gasteiger partial charge in [-0.2, -0.15) is 0 Å². The van der Waals surface area contributed by atoms with E-state index in [-0.39, 0.29) is 12.0 Å². The summed E-state index contributed by atoms with van der Waals surface area (Å²) in [5, 5.41) is 3.45. The number of carbonyl (C=O) groups excluding carboxylic acids is 1. The lowest BCUT2D eigenvalue weighted by Crippen LogP contribution is -2.42. The number of rotatable bonds is 6. The van der Waals surface area contributed by atoms with Gasteiger partial charge in [0.25, 0.3) is 0 Å². The minimum Gasteiger partial charge on any atom is -0.465 e. The smallest absolute Gasteiger partial charge is 0.327 e. The molecule has 2 unspecified atom stereocenters. The Morgan fingerprint density at radius 1 is 1.37 bits per heavy atom. The zero-order chi connectivity index (χ0) is 13.7. The Balaban J connectivity index is 2.07. The van der Waals surface area contributed by atoms with Crippen molar-refractivity contribution in [3.63, 3.8) is 0 Å². The van der Waals surface area contributed by atoms with E-state index in [0.29, 0.717) is 18.6 Å². The number of carbonyl (C=O) groups is 1. The fraction of sp³-hybridized carbons (Fsp3) is 0.562. The number of nitrogens with one attached hydrogen (secondary N) is 1. The van der Waals surface area contributed by atoms with Crippen molar-refractivity contribution in [2.75, 3.05) is 6.61 Å². The molecule has 1 saturated carbocycles. The van der Waals surface area contributed by atoms with Gasteiger partial charge in [0.15, 0.2) is 0 Å². The normalized spacial score (nSPS) is 18.4. The van der Waals surface area contributed by atoms with Gasteiger partial charge in [0.2, 0.25) is 0 Å². The molecule has 3 heteroatoms. The molecule has 1 aliphatic carbocycles. The summed E-state index contributed by atoms with van der Waals surface area (Å²) >= 11 is 0. The molecule has 1 aliphatic rings. The molecule has 0 aromatic heterocycles. The second-order valence-corrected chi connectivity index (χ2v) is 5.24. The zero-order valence-corrected chi connectivity index (χ0v) is 11.8. The monoisotopic (exact) mass is 261 g/mol. The first-order valence-corrected chi connectivity index (χ1v) is 7.20. The molecule has 0 saturated heterocycles. The molecule has 104 valence electrons. The van der Waals surface area contributed by atoms with E-state index in [2.05, 4.69) is 12.2 Å². The summed E-state index contributed by atoms with van der Waals surface area (Å²) in [5.74, 6) is 0.514. The van der Waals surface area contributed by atoms with Crippen molar-refractivity contribution in [1.82, 2.24) is 5.32 Å². The zero-order valence-electron chi connectivity index (χ0n) is 11.8. The van der Waals surface area contributed by atoms with Crippen molar-refractivity contribution in [3.8, 4) is 0 Å². The molecule has 1 fully saturated rings. The molecule has 0 spiro atoms. The van der Waals surface area contributed by atoms with Gasteiger partial charge in [-0.1, -0.05) is 36.8 Å². The Morgan fingerprint density at radius 2 is 2.05 bits per heavy atom. The second kappa shape index (κ2) is 6.71. The van der Waals surface area contributed by atoms with E-state index < -0.39 is 0 Å². The summed E-state index contributed by atoms with van der Waals surface area (Å²) in [6.07, 6.45) is 3.84. The average Bonchev–Trinajstić information content (AvgIpc) is 2.35. The minimum atomic E-state index is -0.350. The van der Waals surface area contributed by atoms with Crippen molar-refractivity contribution in [1.29, 1.82) is 0 Å². The number of ether oxygens (including phenoxy) is 1. The summed E-state index contributed by atoms with van der Waals surface area (Å²) in [4.78, 5) is 12.1. The van der Waals surface area contributed by atoms with E-state index >= 15 is 0 Å². The summed E-state index contributed by atoms with van der Waals surface area (Å²) in [6.45, 7) is 4.43. The Hall–Kier alpha value is -1.35. The quantitative estimate of drug-likeness (QED) is 0.800. The van der Waals surface area contributed by atoms with Crippen LogP contribution in [0.1, 0.15) is 44.7 Å². The van der Waals surface area contributed by atoms with Gasteiger partial charge in [-0.3, -0.25) is 5.32 Å². The van der Waals surface area contributed by atoms with Crippen LogP contribution in [0.3, 0.4) is 0 Å². The minimum absolute atomic E-state index is 0.181. The maximum absolute atomic E-state index is 12.1. The maximum Gasteiger partial charge on any atom is 0.327 e. The molecule has 0 bridgehead atoms. The molecule has 19 heavy (non-hydrogen) atoms. The van der Waals surface area contributed by atoms with Crippen LogP contribution in [0, 0.1) is 5.92 Å². The van der Waals surface area contributed by atoms with Gasteiger partial charge < -0.3 is 4.74 Å². The van der Waals surface area contributed by atoms with E-state index in [1.54, 1.807) is 0 Å². The molecule has 0 aliphatic heterocycles. The summed E-state index contributed by atoms with van der Waals surface area (Å²) < 4.78 is 5.19. The highest BCUT2D eigenvalue weighted by Gasteiger charge is 2.29. The van der Waals surface area contributed by atoms with Crippen molar-refractivity contribution < 1.29 is 9.53 Å². The first-order chi connectivity index (χ1) is 9.22. The largest absolute Gasteiger partial charge is 0.465 e. The highest BCUT2D eigenvalue weighted by molar-refractivity contribution is 5.77. The molecular formula is C16H23NO2. The second-order valence-electron chi connectivity index (χ2n) is 5.24. The lowest BCUT2D eigenvalue weighted by Gasteiger charge is -2.34. The number of hydrogen-bond donors (Lipinski definition) is 1. The van der Waals surface area contributed by atoms with E-state index in [1.807, 2.05) is 37.3 Å². The van der Waals surface area contributed by atoms with Gasteiger partial charge in [-0.15, -0.1) is 0 Å². The van der Waals surface area contributed by atoms with Crippen LogP contribution in [0.2, 0.25) is 0 Å². The number of hydrogen-bond acceptors (Lipinski definition) is 3. The Morgan fingerprint density at radius 3 is 2.58 bits per heavy atom. The van der Waals surface area contributed by atoms with Gasteiger partial charge >= 0.3 is 5.97 Å². The van der Waals surface area contributed by atoms with Gasteiger partial charge in [0, 0.05) is 6.04 Å². The standard InChI is InChI=1S/C16H23NO2/c1-3-19-16(18)15(14-8-5-4-6-9-14)17-12(2)13-10-7-11-13/h4-6,8-9,12-13,15,17H,3,7,10-11H2,1-2H3. The predicted molar refractivity (Wildman–Crippen MR) is 75.8 cm³/mol. The van der Waals surface area contributed by atoms with Crippen molar-refractivity contribution >= 4 is 5.97 Å². The van der Waals surface area contributed by atoms with Crippen LogP contribution < -0.4 is 5.32 Å². The average molecular weight is 261 g/mol. The molecule has 2 rings (SSSR count). The highest BCUT2D eigenvalue weighted by Crippen LogP contribution is 2.30. The number of benzene rings is 1.